The van der Waals surface area contributed by atoms with Crippen LogP contribution in [0.1, 0.15) is 43.5 Å². The molecule has 1 aromatic carbocycles. The SMILES string of the molecule is CC(C)N1CCC(N(Cc2cccc(Nc3ccncc3F)n2)C(=O)/C=C/c2ccc(C(F)(F)F)cc2)CC1. The third-order valence-corrected chi connectivity index (χ3v) is 6.78. The summed E-state index contributed by atoms with van der Waals surface area (Å²) >= 11 is 0. The smallest absolute Gasteiger partial charge is 0.338 e. The third-order valence-electron chi connectivity index (χ3n) is 6.78. The Kier molecular flexibility index (Phi) is 8.96. The van der Waals surface area contributed by atoms with Crippen molar-refractivity contribution in [2.75, 3.05) is 18.4 Å². The summed E-state index contributed by atoms with van der Waals surface area (Å²) in [6, 6.07) is 11.9. The van der Waals surface area contributed by atoms with E-state index in [0.29, 0.717) is 23.1 Å². The highest BCUT2D eigenvalue weighted by atomic mass is 19.4. The van der Waals surface area contributed by atoms with E-state index < -0.39 is 17.6 Å². The zero-order chi connectivity index (χ0) is 28.0. The van der Waals surface area contributed by atoms with Crippen LogP contribution < -0.4 is 5.32 Å². The van der Waals surface area contributed by atoms with Crippen molar-refractivity contribution < 1.29 is 22.4 Å². The highest BCUT2D eigenvalue weighted by molar-refractivity contribution is 5.92. The monoisotopic (exact) mass is 541 g/mol. The Balaban J connectivity index is 1.53. The Labute approximate surface area is 225 Å². The second-order valence-electron chi connectivity index (χ2n) is 9.77. The molecule has 3 aromatic rings. The van der Waals surface area contributed by atoms with E-state index in [4.69, 9.17) is 0 Å². The van der Waals surface area contributed by atoms with Crippen molar-refractivity contribution in [3.63, 3.8) is 0 Å². The average Bonchev–Trinajstić information content (AvgIpc) is 2.92. The lowest BCUT2D eigenvalue weighted by atomic mass is 10.0. The van der Waals surface area contributed by atoms with E-state index in [9.17, 15) is 22.4 Å². The lowest BCUT2D eigenvalue weighted by Crippen LogP contribution is -2.48. The van der Waals surface area contributed by atoms with Gasteiger partial charge in [0.05, 0.1) is 29.7 Å². The first kappa shape index (κ1) is 28.2. The third kappa shape index (κ3) is 7.63. The number of carbonyl (C=O) groups excluding carboxylic acids is 1. The highest BCUT2D eigenvalue weighted by Crippen LogP contribution is 2.29. The van der Waals surface area contributed by atoms with E-state index in [1.54, 1.807) is 23.1 Å². The van der Waals surface area contributed by atoms with Gasteiger partial charge in [-0.15, -0.1) is 0 Å². The number of carbonyl (C=O) groups is 1. The number of hydrogen-bond donors (Lipinski definition) is 1. The fourth-order valence-corrected chi connectivity index (χ4v) is 4.57. The molecule has 2 aromatic heterocycles. The first-order valence-electron chi connectivity index (χ1n) is 12.8. The predicted octanol–water partition coefficient (Wildman–Crippen LogP) is 6.29. The Morgan fingerprint density at radius 3 is 2.49 bits per heavy atom. The Morgan fingerprint density at radius 1 is 1.13 bits per heavy atom. The molecule has 3 heterocycles. The van der Waals surface area contributed by atoms with Crippen molar-refractivity contribution >= 4 is 23.5 Å². The number of likely N-dealkylation sites (tertiary alicyclic amines) is 1. The van der Waals surface area contributed by atoms with Gasteiger partial charge in [0.15, 0.2) is 5.82 Å². The number of alkyl halides is 3. The first-order valence-corrected chi connectivity index (χ1v) is 12.8. The average molecular weight is 542 g/mol. The minimum absolute atomic E-state index is 0.0270. The molecule has 206 valence electrons. The summed E-state index contributed by atoms with van der Waals surface area (Å²) in [6.45, 7) is 6.22. The largest absolute Gasteiger partial charge is 0.416 e. The number of benzene rings is 1. The van der Waals surface area contributed by atoms with Gasteiger partial charge in [0.25, 0.3) is 0 Å². The van der Waals surface area contributed by atoms with Gasteiger partial charge in [0.2, 0.25) is 5.91 Å². The maximum Gasteiger partial charge on any atom is 0.416 e. The van der Waals surface area contributed by atoms with Crippen LogP contribution >= 0.6 is 0 Å². The summed E-state index contributed by atoms with van der Waals surface area (Å²) < 4.78 is 52.7. The van der Waals surface area contributed by atoms with Gasteiger partial charge in [-0.1, -0.05) is 18.2 Å². The molecular weight excluding hydrogens is 510 g/mol. The molecule has 1 fully saturated rings. The van der Waals surface area contributed by atoms with Crippen LogP contribution in [0.3, 0.4) is 0 Å². The van der Waals surface area contributed by atoms with Gasteiger partial charge in [0, 0.05) is 37.4 Å². The first-order chi connectivity index (χ1) is 18.6. The molecule has 1 amide bonds. The summed E-state index contributed by atoms with van der Waals surface area (Å²) in [7, 11) is 0. The molecule has 10 heteroatoms. The summed E-state index contributed by atoms with van der Waals surface area (Å²) in [4.78, 5) is 25.9. The number of nitrogens with one attached hydrogen (secondary N) is 1. The van der Waals surface area contributed by atoms with E-state index in [2.05, 4.69) is 34.0 Å². The van der Waals surface area contributed by atoms with Gasteiger partial charge >= 0.3 is 6.18 Å². The molecule has 1 N–H and O–H groups in total. The Hall–Kier alpha value is -3.79. The fraction of sp³-hybridized carbons (Fsp3) is 0.345. The predicted molar refractivity (Wildman–Crippen MR) is 142 cm³/mol. The maximum absolute atomic E-state index is 14.1. The molecule has 0 spiro atoms. The molecule has 1 aliphatic heterocycles. The van der Waals surface area contributed by atoms with Crippen LogP contribution in [0.5, 0.6) is 0 Å². The number of pyridine rings is 2. The molecule has 39 heavy (non-hydrogen) atoms. The van der Waals surface area contributed by atoms with Crippen LogP contribution in [0.2, 0.25) is 0 Å². The van der Waals surface area contributed by atoms with Crippen LogP contribution in [-0.2, 0) is 17.5 Å². The molecular formula is C29H31F4N5O. The second kappa shape index (κ2) is 12.4. The van der Waals surface area contributed by atoms with E-state index in [0.717, 1.165) is 44.3 Å². The van der Waals surface area contributed by atoms with Crippen LogP contribution in [0, 0.1) is 5.82 Å². The molecule has 0 aliphatic carbocycles. The van der Waals surface area contributed by atoms with E-state index >= 15 is 0 Å². The van der Waals surface area contributed by atoms with Crippen LogP contribution in [-0.4, -0.2) is 50.8 Å². The van der Waals surface area contributed by atoms with Crippen LogP contribution in [0.4, 0.5) is 29.1 Å². The van der Waals surface area contributed by atoms with E-state index in [1.807, 2.05) is 0 Å². The zero-order valence-electron chi connectivity index (χ0n) is 21.8. The van der Waals surface area contributed by atoms with Crippen molar-refractivity contribution in [2.45, 2.75) is 51.5 Å². The van der Waals surface area contributed by atoms with Crippen LogP contribution in [0.15, 0.2) is 67.0 Å². The summed E-state index contributed by atoms with van der Waals surface area (Å²) in [5.74, 6) is -0.329. The van der Waals surface area contributed by atoms with E-state index in [-0.39, 0.29) is 24.2 Å². The lowest BCUT2D eigenvalue weighted by molar-refractivity contribution is -0.137. The zero-order valence-corrected chi connectivity index (χ0v) is 21.8. The summed E-state index contributed by atoms with van der Waals surface area (Å²) in [5.41, 5.74) is 0.616. The standard InChI is InChI=1S/C29H31F4N5O/c1-20(2)37-16-13-24(14-17-37)38(28(39)11-8-21-6-9-22(10-7-21)29(31,32)33)19-23-4-3-5-27(35-23)36-26-12-15-34-18-25(26)30/h3-12,15,18,20,24H,13-14,16-17,19H2,1-2H3,(H,34,35,36)/b11-8+. The molecule has 4 rings (SSSR count). The number of amides is 1. The van der Waals surface area contributed by atoms with Gasteiger partial charge in [-0.2, -0.15) is 13.2 Å². The number of aromatic nitrogens is 2. The van der Waals surface area contributed by atoms with Gasteiger partial charge in [-0.05, 0) is 68.7 Å². The molecule has 0 radical (unpaired) electrons. The number of anilines is 2. The van der Waals surface area contributed by atoms with Gasteiger partial charge in [-0.3, -0.25) is 9.78 Å². The minimum atomic E-state index is -4.42. The molecule has 1 saturated heterocycles. The van der Waals surface area contributed by atoms with Crippen LogP contribution in [0.25, 0.3) is 6.08 Å². The van der Waals surface area contributed by atoms with Crippen molar-refractivity contribution in [3.05, 3.63) is 89.6 Å². The van der Waals surface area contributed by atoms with E-state index in [1.165, 1.54) is 36.5 Å². The van der Waals surface area contributed by atoms with Crippen molar-refractivity contribution in [1.82, 2.24) is 19.8 Å². The van der Waals surface area contributed by atoms with Crippen molar-refractivity contribution in [1.29, 1.82) is 0 Å². The lowest BCUT2D eigenvalue weighted by Gasteiger charge is -2.39. The molecule has 0 unspecified atom stereocenters. The minimum Gasteiger partial charge on any atom is -0.338 e. The second-order valence-corrected chi connectivity index (χ2v) is 9.77. The number of halogens is 4. The van der Waals surface area contributed by atoms with Crippen molar-refractivity contribution in [3.8, 4) is 0 Å². The molecule has 0 saturated carbocycles. The van der Waals surface area contributed by atoms with Gasteiger partial charge in [0.1, 0.15) is 5.82 Å². The topological polar surface area (TPSA) is 61.4 Å². The summed E-state index contributed by atoms with van der Waals surface area (Å²) in [6.07, 6.45) is 2.67. The Morgan fingerprint density at radius 2 is 1.85 bits per heavy atom. The Bertz CT molecular complexity index is 1290. The number of nitrogens with zero attached hydrogens (tertiary/aromatic N) is 4. The molecule has 0 atom stereocenters. The molecule has 1 aliphatic rings. The quantitative estimate of drug-likeness (QED) is 0.268. The van der Waals surface area contributed by atoms with Crippen molar-refractivity contribution in [2.24, 2.45) is 0 Å². The van der Waals surface area contributed by atoms with Gasteiger partial charge < -0.3 is 15.1 Å². The summed E-state index contributed by atoms with van der Waals surface area (Å²) in [5, 5.41) is 2.94. The van der Waals surface area contributed by atoms with Gasteiger partial charge in [-0.25, -0.2) is 9.37 Å². The molecule has 6 nitrogen and oxygen atoms in total. The maximum atomic E-state index is 14.1. The number of hydrogen-bond acceptors (Lipinski definition) is 5. The normalized spacial score (nSPS) is 15.2. The highest BCUT2D eigenvalue weighted by Gasteiger charge is 2.30. The fourth-order valence-electron chi connectivity index (χ4n) is 4.57. The number of piperidine rings is 1. The number of rotatable bonds is 8. The molecule has 0 bridgehead atoms.